The molecule has 0 aromatic carbocycles. The Balaban J connectivity index is 1.51. The van der Waals surface area contributed by atoms with E-state index in [4.69, 9.17) is 5.73 Å². The molecular weight excluding hydrogens is 310 g/mol. The summed E-state index contributed by atoms with van der Waals surface area (Å²) in [5.41, 5.74) is 5.51. The number of likely N-dealkylation sites (tertiary alicyclic amines) is 2. The van der Waals surface area contributed by atoms with Gasteiger partial charge in [0.25, 0.3) is 0 Å². The Kier molecular flexibility index (Phi) is 4.63. The molecule has 3 heterocycles. The van der Waals surface area contributed by atoms with Gasteiger partial charge in [-0.1, -0.05) is 23.1 Å². The van der Waals surface area contributed by atoms with Gasteiger partial charge in [-0.2, -0.15) is 0 Å². The Morgan fingerprint density at radius 2 is 2.14 bits per heavy atom. The molecule has 3 rings (SSSR count). The zero-order chi connectivity index (χ0) is 14.8. The minimum Gasteiger partial charge on any atom is -0.390 e. The van der Waals surface area contributed by atoms with Gasteiger partial charge in [0.1, 0.15) is 0 Å². The topological polar surface area (TPSA) is 95.6 Å². The number of aliphatic hydroxyl groups excluding tert-OH is 1. The molecular formula is C12H19N5O2S2. The zero-order valence-corrected chi connectivity index (χ0v) is 13.3. The first kappa shape index (κ1) is 15.0. The number of aliphatic hydroxyl groups is 1. The average Bonchev–Trinajstić information content (AvgIpc) is 3.16. The molecule has 1 aromatic rings. The number of β-amino-alcohol motifs (C(OH)–C–C–N with tert-alkyl or cyclic N) is 1. The highest BCUT2D eigenvalue weighted by Crippen LogP contribution is 2.25. The van der Waals surface area contributed by atoms with E-state index in [1.165, 1.54) is 35.9 Å². The molecule has 2 atom stereocenters. The van der Waals surface area contributed by atoms with E-state index in [1.807, 2.05) is 0 Å². The molecule has 9 heteroatoms. The van der Waals surface area contributed by atoms with Crippen molar-refractivity contribution < 1.29 is 9.90 Å². The summed E-state index contributed by atoms with van der Waals surface area (Å²) in [5.74, 6) is 0.350. The Morgan fingerprint density at radius 3 is 2.81 bits per heavy atom. The van der Waals surface area contributed by atoms with Gasteiger partial charge in [0.2, 0.25) is 11.0 Å². The Bertz CT molecular complexity index is 506. The summed E-state index contributed by atoms with van der Waals surface area (Å²) < 4.78 is 0.705. The standard InChI is InChI=1S/C12H19N5O2S2/c13-11-14-15-12(21-11)20-7-10(19)17-5-8(9(18)6-17)16-3-1-2-4-16/h8-9,18H,1-7H2,(H2,13,14)/t8-,9-/m0/s1. The molecule has 2 saturated heterocycles. The summed E-state index contributed by atoms with van der Waals surface area (Å²) >= 11 is 2.63. The van der Waals surface area contributed by atoms with Crippen LogP contribution in [0.2, 0.25) is 0 Å². The minimum atomic E-state index is -0.436. The second kappa shape index (κ2) is 6.47. The number of amides is 1. The van der Waals surface area contributed by atoms with Crippen molar-refractivity contribution in [1.29, 1.82) is 0 Å². The number of nitrogens with two attached hydrogens (primary N) is 1. The third-order valence-electron chi connectivity index (χ3n) is 3.96. The molecule has 2 aliphatic rings. The number of aromatic nitrogens is 2. The van der Waals surface area contributed by atoms with Crippen LogP contribution in [0.25, 0.3) is 0 Å². The molecule has 0 aliphatic carbocycles. The van der Waals surface area contributed by atoms with Gasteiger partial charge in [-0.3, -0.25) is 9.69 Å². The van der Waals surface area contributed by atoms with Crippen LogP contribution in [0.1, 0.15) is 12.8 Å². The molecule has 116 valence electrons. The van der Waals surface area contributed by atoms with Crippen LogP contribution in [0.15, 0.2) is 4.34 Å². The maximum Gasteiger partial charge on any atom is 0.233 e. The normalized spacial score (nSPS) is 26.6. The van der Waals surface area contributed by atoms with Crippen molar-refractivity contribution in [3.63, 3.8) is 0 Å². The van der Waals surface area contributed by atoms with Crippen LogP contribution in [0.3, 0.4) is 0 Å². The summed E-state index contributed by atoms with van der Waals surface area (Å²) in [4.78, 5) is 16.3. The zero-order valence-electron chi connectivity index (χ0n) is 11.6. The van der Waals surface area contributed by atoms with Crippen molar-refractivity contribution in [1.82, 2.24) is 20.0 Å². The Morgan fingerprint density at radius 1 is 1.38 bits per heavy atom. The summed E-state index contributed by atoms with van der Waals surface area (Å²) in [6.07, 6.45) is 1.94. The van der Waals surface area contributed by atoms with Crippen molar-refractivity contribution in [2.24, 2.45) is 0 Å². The number of hydrogen-bond donors (Lipinski definition) is 2. The molecule has 0 bridgehead atoms. The van der Waals surface area contributed by atoms with E-state index in [2.05, 4.69) is 15.1 Å². The number of hydrogen-bond acceptors (Lipinski definition) is 8. The average molecular weight is 329 g/mol. The number of carbonyl (C=O) groups excluding carboxylic acids is 1. The molecule has 7 nitrogen and oxygen atoms in total. The van der Waals surface area contributed by atoms with E-state index in [0.29, 0.717) is 28.3 Å². The molecule has 1 aromatic heterocycles. The summed E-state index contributed by atoms with van der Waals surface area (Å²) in [6.45, 7) is 3.11. The highest BCUT2D eigenvalue weighted by molar-refractivity contribution is 8.01. The fourth-order valence-electron chi connectivity index (χ4n) is 2.90. The Labute approximate surface area is 131 Å². The number of thioether (sulfide) groups is 1. The number of carbonyl (C=O) groups is 1. The van der Waals surface area contributed by atoms with Gasteiger partial charge in [0, 0.05) is 13.1 Å². The van der Waals surface area contributed by atoms with Crippen molar-refractivity contribution in [3.8, 4) is 0 Å². The first-order chi connectivity index (χ1) is 10.1. The third-order valence-corrected chi connectivity index (χ3v) is 5.83. The second-order valence-corrected chi connectivity index (χ2v) is 7.60. The molecule has 3 N–H and O–H groups in total. The van der Waals surface area contributed by atoms with E-state index in [1.54, 1.807) is 4.90 Å². The van der Waals surface area contributed by atoms with Crippen molar-refractivity contribution in [2.45, 2.75) is 29.3 Å². The molecule has 2 fully saturated rings. The van der Waals surface area contributed by atoms with Gasteiger partial charge in [-0.25, -0.2) is 0 Å². The van der Waals surface area contributed by atoms with Gasteiger partial charge in [0.05, 0.1) is 17.9 Å². The largest absolute Gasteiger partial charge is 0.390 e. The number of nitrogens with zero attached hydrogens (tertiary/aromatic N) is 4. The number of anilines is 1. The summed E-state index contributed by atoms with van der Waals surface area (Å²) in [6, 6.07) is 0.0959. The molecule has 0 unspecified atom stereocenters. The van der Waals surface area contributed by atoms with Crippen LogP contribution in [-0.2, 0) is 4.79 Å². The molecule has 0 saturated carbocycles. The smallest absolute Gasteiger partial charge is 0.233 e. The highest BCUT2D eigenvalue weighted by Gasteiger charge is 2.38. The highest BCUT2D eigenvalue weighted by atomic mass is 32.2. The van der Waals surface area contributed by atoms with Gasteiger partial charge in [0.15, 0.2) is 4.34 Å². The van der Waals surface area contributed by atoms with E-state index in [9.17, 15) is 9.90 Å². The van der Waals surface area contributed by atoms with E-state index in [-0.39, 0.29) is 11.9 Å². The predicted molar refractivity (Wildman–Crippen MR) is 82.2 cm³/mol. The number of nitrogen functional groups attached to an aromatic ring is 1. The molecule has 0 spiro atoms. The van der Waals surface area contributed by atoms with E-state index >= 15 is 0 Å². The minimum absolute atomic E-state index is 0.0366. The van der Waals surface area contributed by atoms with Crippen LogP contribution in [0.4, 0.5) is 5.13 Å². The quantitative estimate of drug-likeness (QED) is 0.744. The lowest BCUT2D eigenvalue weighted by atomic mass is 10.2. The van der Waals surface area contributed by atoms with Crippen LogP contribution in [-0.4, -0.2) is 75.1 Å². The third kappa shape index (κ3) is 3.47. The second-order valence-electron chi connectivity index (χ2n) is 5.37. The Hall–Kier alpha value is -0.900. The summed E-state index contributed by atoms with van der Waals surface area (Å²) in [5, 5.41) is 18.2. The molecule has 0 radical (unpaired) electrons. The lowest BCUT2D eigenvalue weighted by Crippen LogP contribution is -2.41. The summed E-state index contributed by atoms with van der Waals surface area (Å²) in [7, 11) is 0. The van der Waals surface area contributed by atoms with E-state index in [0.717, 1.165) is 13.1 Å². The van der Waals surface area contributed by atoms with Crippen molar-refractivity contribution in [2.75, 3.05) is 37.7 Å². The van der Waals surface area contributed by atoms with Crippen molar-refractivity contribution >= 4 is 34.1 Å². The number of rotatable bonds is 4. The molecule has 1 amide bonds. The maximum atomic E-state index is 12.2. The first-order valence-electron chi connectivity index (χ1n) is 7.05. The lowest BCUT2D eigenvalue weighted by Gasteiger charge is -2.25. The monoisotopic (exact) mass is 329 g/mol. The SMILES string of the molecule is Nc1nnc(SCC(=O)N2C[C@H](O)[C@@H](N3CCCC3)C2)s1. The van der Waals surface area contributed by atoms with E-state index < -0.39 is 6.10 Å². The first-order valence-corrected chi connectivity index (χ1v) is 8.85. The van der Waals surface area contributed by atoms with Crippen LogP contribution in [0.5, 0.6) is 0 Å². The van der Waals surface area contributed by atoms with Gasteiger partial charge in [-0.05, 0) is 25.9 Å². The fourth-order valence-corrected chi connectivity index (χ4v) is 4.44. The predicted octanol–water partition coefficient (Wildman–Crippen LogP) is -0.120. The molecule has 21 heavy (non-hydrogen) atoms. The van der Waals surface area contributed by atoms with Crippen LogP contribution >= 0.6 is 23.1 Å². The van der Waals surface area contributed by atoms with Crippen molar-refractivity contribution in [3.05, 3.63) is 0 Å². The molecule has 2 aliphatic heterocycles. The van der Waals surface area contributed by atoms with Crippen LogP contribution in [0, 0.1) is 0 Å². The lowest BCUT2D eigenvalue weighted by molar-refractivity contribution is -0.127. The van der Waals surface area contributed by atoms with Crippen LogP contribution < -0.4 is 5.73 Å². The van der Waals surface area contributed by atoms with Gasteiger partial charge in [-0.15, -0.1) is 10.2 Å². The maximum absolute atomic E-state index is 12.2. The fraction of sp³-hybridized carbons (Fsp3) is 0.750. The van der Waals surface area contributed by atoms with Gasteiger partial charge >= 0.3 is 0 Å². The van der Waals surface area contributed by atoms with Gasteiger partial charge < -0.3 is 15.7 Å².